The van der Waals surface area contributed by atoms with Crippen molar-refractivity contribution >= 4 is 40.2 Å². The number of hydrogen-bond acceptors (Lipinski definition) is 9. The lowest BCUT2D eigenvalue weighted by molar-refractivity contribution is -0.127. The zero-order chi connectivity index (χ0) is 27.7. The molecule has 2 aromatic carbocycles. The smallest absolute Gasteiger partial charge is 0.264 e. The van der Waals surface area contributed by atoms with Crippen LogP contribution in [-0.4, -0.2) is 55.9 Å². The average molecular weight is 558 g/mol. The summed E-state index contributed by atoms with van der Waals surface area (Å²) in [6.07, 6.45) is 0.000499. The first-order valence-electron chi connectivity index (χ1n) is 11.8. The van der Waals surface area contributed by atoms with Crippen LogP contribution < -0.4 is 25.8 Å². The number of aromatic nitrogens is 1. The van der Waals surface area contributed by atoms with Crippen LogP contribution in [0, 0.1) is 0 Å². The fourth-order valence-electron chi connectivity index (χ4n) is 3.34. The van der Waals surface area contributed by atoms with Crippen molar-refractivity contribution < 1.29 is 22.7 Å². The summed E-state index contributed by atoms with van der Waals surface area (Å²) in [7, 11) is -3.69. The third-order valence-corrected chi connectivity index (χ3v) is 6.34. The minimum absolute atomic E-state index is 0.103. The maximum absolute atomic E-state index is 12.8. The van der Waals surface area contributed by atoms with E-state index in [9.17, 15) is 18.0 Å². The van der Waals surface area contributed by atoms with Gasteiger partial charge in [-0.25, -0.2) is 18.1 Å². The number of benzene rings is 2. The number of rotatable bonds is 12. The lowest BCUT2D eigenvalue weighted by Crippen LogP contribution is -2.36. The van der Waals surface area contributed by atoms with Gasteiger partial charge in [-0.05, 0) is 36.8 Å². The molecule has 0 fully saturated rings. The molecule has 0 radical (unpaired) electrons. The number of sulfonamides is 1. The molecular formula is C26H31N5O5S2. The number of nitrogens with one attached hydrogen (secondary N) is 3. The van der Waals surface area contributed by atoms with Crippen molar-refractivity contribution in [2.45, 2.75) is 25.6 Å². The first kappa shape index (κ1) is 29.0. The molecule has 3 aromatic rings. The Morgan fingerprint density at radius 2 is 1.82 bits per heavy atom. The molecular weight excluding hydrogens is 526 g/mol. The van der Waals surface area contributed by atoms with Crippen LogP contribution in [0.2, 0.25) is 0 Å². The van der Waals surface area contributed by atoms with E-state index in [0.29, 0.717) is 29.2 Å². The van der Waals surface area contributed by atoms with E-state index in [1.54, 1.807) is 19.1 Å². The number of pyridine rings is 1. The molecule has 202 valence electrons. The summed E-state index contributed by atoms with van der Waals surface area (Å²) in [5, 5.41) is 5.97. The van der Waals surface area contributed by atoms with Gasteiger partial charge in [0, 0.05) is 36.0 Å². The summed E-state index contributed by atoms with van der Waals surface area (Å²) < 4.78 is 30.5. The maximum Gasteiger partial charge on any atom is 0.264 e. The van der Waals surface area contributed by atoms with Crippen molar-refractivity contribution in [2.75, 3.05) is 23.9 Å². The Morgan fingerprint density at radius 1 is 1.08 bits per heavy atom. The fraction of sp³-hybridized carbons (Fsp3) is 0.269. The third-order valence-electron chi connectivity index (χ3n) is 5.31. The Balaban J connectivity index is 1.70. The molecule has 1 heterocycles. The number of hydrogen-bond donors (Lipinski definition) is 5. The van der Waals surface area contributed by atoms with Gasteiger partial charge in [-0.2, -0.15) is 12.6 Å². The van der Waals surface area contributed by atoms with Gasteiger partial charge in [0.15, 0.2) is 6.10 Å². The van der Waals surface area contributed by atoms with Crippen LogP contribution in [-0.2, 0) is 21.4 Å². The van der Waals surface area contributed by atoms with Crippen molar-refractivity contribution in [1.82, 2.24) is 15.0 Å². The second-order valence-electron chi connectivity index (χ2n) is 8.62. The van der Waals surface area contributed by atoms with E-state index in [0.717, 1.165) is 11.8 Å². The molecule has 5 N–H and O–H groups in total. The average Bonchev–Trinajstić information content (AvgIpc) is 2.90. The molecule has 0 spiro atoms. The van der Waals surface area contributed by atoms with Gasteiger partial charge in [0.1, 0.15) is 0 Å². The third kappa shape index (κ3) is 8.75. The van der Waals surface area contributed by atoms with E-state index >= 15 is 0 Å². The molecule has 2 amide bonds. The highest BCUT2D eigenvalue weighted by Gasteiger charge is 2.19. The molecule has 0 aliphatic heterocycles. The Labute approximate surface area is 227 Å². The van der Waals surface area contributed by atoms with E-state index in [1.807, 2.05) is 47.2 Å². The highest BCUT2D eigenvalue weighted by molar-refractivity contribution is 7.89. The number of carbonyl (C=O) groups is 2. The summed E-state index contributed by atoms with van der Waals surface area (Å²) in [5.74, 6) is -0.408. The second kappa shape index (κ2) is 13.3. The van der Waals surface area contributed by atoms with Gasteiger partial charge in [0.25, 0.3) is 11.8 Å². The van der Waals surface area contributed by atoms with Gasteiger partial charge in [-0.3, -0.25) is 9.59 Å². The van der Waals surface area contributed by atoms with Gasteiger partial charge in [-0.1, -0.05) is 42.5 Å². The number of thiol groups is 1. The molecule has 0 bridgehead atoms. The summed E-state index contributed by atoms with van der Waals surface area (Å²) >= 11 is 4.21. The monoisotopic (exact) mass is 557 g/mol. The number of nitrogens with two attached hydrogens (primary N) is 1. The first-order chi connectivity index (χ1) is 18.1. The highest BCUT2D eigenvalue weighted by atomic mass is 32.2. The highest BCUT2D eigenvalue weighted by Crippen LogP contribution is 2.28. The molecule has 2 atom stereocenters. The predicted molar refractivity (Wildman–Crippen MR) is 151 cm³/mol. The van der Waals surface area contributed by atoms with Gasteiger partial charge in [0.2, 0.25) is 15.9 Å². The molecule has 0 aliphatic carbocycles. The Kier molecular flexibility index (Phi) is 10.1. The lowest BCUT2D eigenvalue weighted by atomic mass is 10.1. The number of nitrogens with zero attached hydrogens (tertiary/aromatic N) is 1. The quantitative estimate of drug-likeness (QED) is 0.213. The van der Waals surface area contributed by atoms with Gasteiger partial charge in [-0.15, -0.1) is 0 Å². The van der Waals surface area contributed by atoms with Crippen molar-refractivity contribution in [3.8, 4) is 17.1 Å². The maximum atomic E-state index is 12.8. The largest absolute Gasteiger partial charge is 0.463 e. The molecule has 38 heavy (non-hydrogen) atoms. The fourth-order valence-corrected chi connectivity index (χ4v) is 3.93. The minimum atomic E-state index is -3.69. The van der Waals surface area contributed by atoms with Crippen molar-refractivity contribution in [3.63, 3.8) is 0 Å². The van der Waals surface area contributed by atoms with Crippen LogP contribution in [0.4, 0.5) is 5.69 Å². The molecule has 0 saturated carbocycles. The van der Waals surface area contributed by atoms with Crippen molar-refractivity contribution in [2.24, 2.45) is 5.73 Å². The predicted octanol–water partition coefficient (Wildman–Crippen LogP) is 2.19. The van der Waals surface area contributed by atoms with Crippen LogP contribution in [0.5, 0.6) is 5.88 Å². The number of amides is 2. The van der Waals surface area contributed by atoms with Gasteiger partial charge < -0.3 is 21.1 Å². The zero-order valence-electron chi connectivity index (χ0n) is 21.0. The lowest BCUT2D eigenvalue weighted by Gasteiger charge is -2.19. The van der Waals surface area contributed by atoms with Crippen LogP contribution in [0.15, 0.2) is 66.7 Å². The molecule has 0 aliphatic rings. The number of anilines is 1. The van der Waals surface area contributed by atoms with E-state index in [4.69, 9.17) is 10.5 Å². The molecule has 12 heteroatoms. The number of carbonyl (C=O) groups excluding carboxylic acids is 2. The summed E-state index contributed by atoms with van der Waals surface area (Å²) in [5.41, 5.74) is 8.91. The summed E-state index contributed by atoms with van der Waals surface area (Å²) in [6.45, 7) is 2.15. The molecule has 1 aromatic heterocycles. The van der Waals surface area contributed by atoms with Crippen molar-refractivity contribution in [1.29, 1.82) is 0 Å². The summed E-state index contributed by atoms with van der Waals surface area (Å²) in [4.78, 5) is 29.6. The van der Waals surface area contributed by atoms with Crippen LogP contribution in [0.25, 0.3) is 11.3 Å². The SMILES string of the molecule is C[C@@H](Oc1nc(-c2ccccc2)ccc1NCC(N)CS)C(=O)NCc1cccc(C(=O)NS(C)(=O)=O)c1. The van der Waals surface area contributed by atoms with Crippen LogP contribution >= 0.6 is 12.6 Å². The van der Waals surface area contributed by atoms with Crippen molar-refractivity contribution in [3.05, 3.63) is 77.9 Å². The van der Waals surface area contributed by atoms with E-state index < -0.39 is 27.9 Å². The summed E-state index contributed by atoms with van der Waals surface area (Å²) in [6, 6.07) is 19.4. The van der Waals surface area contributed by atoms with E-state index in [-0.39, 0.29) is 24.0 Å². The minimum Gasteiger partial charge on any atom is -0.463 e. The van der Waals surface area contributed by atoms with E-state index in [1.165, 1.54) is 12.1 Å². The number of ether oxygens (including phenoxy) is 1. The topological polar surface area (TPSA) is 153 Å². The Morgan fingerprint density at radius 3 is 2.50 bits per heavy atom. The van der Waals surface area contributed by atoms with E-state index in [2.05, 4.69) is 28.2 Å². The second-order valence-corrected chi connectivity index (χ2v) is 10.7. The van der Waals surface area contributed by atoms with Crippen LogP contribution in [0.1, 0.15) is 22.8 Å². The molecule has 3 rings (SSSR count). The molecule has 0 saturated heterocycles. The van der Waals surface area contributed by atoms with Crippen LogP contribution in [0.3, 0.4) is 0 Å². The standard InChI is InChI=1S/C26H31N5O5S2/c1-17(24(32)29-14-18-7-6-10-20(13-18)25(33)31-38(2,34)35)36-26-23(28-15-21(27)16-37)12-11-22(30-26)19-8-4-3-5-9-19/h3-13,17,21,28,37H,14-16,27H2,1-2H3,(H,29,32)(H,31,33)/t17-,21?/m1/s1. The van der Waals surface area contributed by atoms with Gasteiger partial charge in [0.05, 0.1) is 17.6 Å². The Hall–Kier alpha value is -3.61. The molecule has 1 unspecified atom stereocenters. The first-order valence-corrected chi connectivity index (χ1v) is 14.3. The zero-order valence-corrected chi connectivity index (χ0v) is 22.8. The molecule has 10 nitrogen and oxygen atoms in total. The Bertz CT molecular complexity index is 1370. The normalized spacial score (nSPS) is 12.7. The van der Waals surface area contributed by atoms with Gasteiger partial charge >= 0.3 is 0 Å².